The van der Waals surface area contributed by atoms with Gasteiger partial charge in [-0.3, -0.25) is 4.79 Å². The molecular formula is C24H29FO7. The molecule has 0 unspecified atom stereocenters. The third-order valence-electron chi connectivity index (χ3n) is 9.53. The molecule has 5 aliphatic rings. The molecule has 0 aromatic carbocycles. The third kappa shape index (κ3) is 2.22. The number of alkyl halides is 1. The Morgan fingerprint density at radius 2 is 2.00 bits per heavy atom. The number of carbonyl (C=O) groups is 3. The quantitative estimate of drug-likeness (QED) is 0.616. The number of esters is 1. The topological polar surface area (TPSA) is 99.1 Å². The van der Waals surface area contributed by atoms with Crippen molar-refractivity contribution in [3.05, 3.63) is 23.8 Å². The van der Waals surface area contributed by atoms with E-state index in [-0.39, 0.29) is 24.0 Å². The highest BCUT2D eigenvalue weighted by atomic mass is 19.1. The summed E-state index contributed by atoms with van der Waals surface area (Å²) in [5.41, 5.74) is -4.64. The Labute approximate surface area is 186 Å². The van der Waals surface area contributed by atoms with Gasteiger partial charge in [0.25, 0.3) is 0 Å². The molecule has 1 N–H and O–H groups in total. The minimum Gasteiger partial charge on any atom is -0.466 e. The maximum Gasteiger partial charge on any atom is 0.510 e. The molecule has 4 fully saturated rings. The number of ether oxygens (including phenoxy) is 3. The maximum atomic E-state index is 17.2. The number of halogens is 1. The molecule has 7 nitrogen and oxygen atoms in total. The number of hydrogen-bond donors (Lipinski definition) is 1. The molecule has 8 heteroatoms. The van der Waals surface area contributed by atoms with Crippen molar-refractivity contribution in [1.29, 1.82) is 0 Å². The monoisotopic (exact) mass is 448 g/mol. The van der Waals surface area contributed by atoms with Crippen molar-refractivity contribution in [3.8, 4) is 0 Å². The van der Waals surface area contributed by atoms with Crippen LogP contribution in [-0.4, -0.2) is 53.6 Å². The van der Waals surface area contributed by atoms with Gasteiger partial charge in [-0.15, -0.1) is 0 Å². The van der Waals surface area contributed by atoms with Crippen LogP contribution in [0.1, 0.15) is 46.5 Å². The molecule has 1 saturated heterocycles. The lowest BCUT2D eigenvalue weighted by atomic mass is 9.44. The smallest absolute Gasteiger partial charge is 0.466 e. The molecule has 5 rings (SSSR count). The van der Waals surface area contributed by atoms with Crippen LogP contribution in [0, 0.1) is 28.6 Å². The summed E-state index contributed by atoms with van der Waals surface area (Å²) in [7, 11) is 1.22. The van der Waals surface area contributed by atoms with E-state index in [1.165, 1.54) is 19.3 Å². The Kier molecular flexibility index (Phi) is 4.34. The second-order valence-electron chi connectivity index (χ2n) is 10.6. The van der Waals surface area contributed by atoms with Gasteiger partial charge in [-0.1, -0.05) is 25.5 Å². The van der Waals surface area contributed by atoms with Gasteiger partial charge in [-0.25, -0.2) is 14.0 Å². The molecule has 3 saturated carbocycles. The Balaban J connectivity index is 1.63. The second kappa shape index (κ2) is 6.43. The van der Waals surface area contributed by atoms with E-state index in [2.05, 4.69) is 0 Å². The molecule has 0 radical (unpaired) electrons. The van der Waals surface area contributed by atoms with Crippen LogP contribution >= 0.6 is 0 Å². The van der Waals surface area contributed by atoms with Crippen LogP contribution < -0.4 is 0 Å². The number of aliphatic hydroxyl groups excluding tert-OH is 1. The predicted octanol–water partition coefficient (Wildman–Crippen LogP) is 3.05. The molecule has 0 aromatic heterocycles. The van der Waals surface area contributed by atoms with Crippen molar-refractivity contribution in [2.75, 3.05) is 7.11 Å². The first kappa shape index (κ1) is 21.6. The summed E-state index contributed by atoms with van der Waals surface area (Å²) in [5, 5.41) is 11.4. The van der Waals surface area contributed by atoms with Gasteiger partial charge >= 0.3 is 12.1 Å². The predicted molar refractivity (Wildman–Crippen MR) is 109 cm³/mol. The van der Waals surface area contributed by atoms with Crippen molar-refractivity contribution in [3.63, 3.8) is 0 Å². The van der Waals surface area contributed by atoms with Crippen molar-refractivity contribution in [2.45, 2.75) is 69.9 Å². The summed E-state index contributed by atoms with van der Waals surface area (Å²) in [6, 6.07) is 0. The van der Waals surface area contributed by atoms with Gasteiger partial charge in [-0.05, 0) is 50.7 Å². The molecule has 1 heterocycles. The highest BCUT2D eigenvalue weighted by Crippen LogP contribution is 2.72. The van der Waals surface area contributed by atoms with E-state index in [1.54, 1.807) is 13.0 Å². The second-order valence-corrected chi connectivity index (χ2v) is 10.6. The SMILES string of the molecule is COC(=O)[C@H]1OC(=O)O[C@@]12[C@H](C)C[C@H]1[C@@H]3CCC4=CC(=O)C=C[C@]4(C)[C@@]3(F)[C@@H](O)C[C@@]12C. The van der Waals surface area contributed by atoms with Gasteiger partial charge < -0.3 is 19.3 Å². The maximum absolute atomic E-state index is 17.2. The van der Waals surface area contributed by atoms with Crippen molar-refractivity contribution in [2.24, 2.45) is 28.6 Å². The number of cyclic esters (lactones) is 1. The standard InChI is InChI=1S/C24H29FO7/c1-12-9-16-15-6-5-13-10-14(26)7-8-21(13,2)23(15,25)17(27)11-22(16,3)24(12)18(19(28)30-4)31-20(29)32-24/h7-8,10,12,15-18,27H,5-6,9,11H2,1-4H3/t12-,15+,16+,17+,18-,21+,22+,23+,24+/m1/s1. The number of carbonyl (C=O) groups excluding carboxylic acids is 3. The Hall–Kier alpha value is -2.22. The first-order chi connectivity index (χ1) is 15.0. The molecule has 174 valence electrons. The first-order valence-electron chi connectivity index (χ1n) is 11.2. The van der Waals surface area contributed by atoms with Gasteiger partial charge in [-0.2, -0.15) is 0 Å². The fourth-order valence-corrected chi connectivity index (χ4v) is 8.07. The normalized spacial score (nSPS) is 51.3. The number of ketones is 1. The van der Waals surface area contributed by atoms with Gasteiger partial charge in [0.05, 0.1) is 13.2 Å². The molecule has 0 amide bonds. The van der Waals surface area contributed by atoms with E-state index in [0.29, 0.717) is 24.8 Å². The summed E-state index contributed by atoms with van der Waals surface area (Å²) in [5.74, 6) is -2.01. The van der Waals surface area contributed by atoms with E-state index >= 15 is 4.39 Å². The van der Waals surface area contributed by atoms with Crippen LogP contribution in [0.25, 0.3) is 0 Å². The van der Waals surface area contributed by atoms with E-state index in [0.717, 1.165) is 0 Å². The number of methoxy groups -OCH3 is 1. The summed E-state index contributed by atoms with van der Waals surface area (Å²) < 4.78 is 33.1. The van der Waals surface area contributed by atoms with Crippen molar-refractivity contribution >= 4 is 17.9 Å². The number of allylic oxidation sites excluding steroid dienone is 4. The van der Waals surface area contributed by atoms with Gasteiger partial charge in [0.1, 0.15) is 0 Å². The summed E-state index contributed by atoms with van der Waals surface area (Å²) in [6.07, 6.45) is 2.37. The number of rotatable bonds is 1. The zero-order valence-electron chi connectivity index (χ0n) is 18.7. The third-order valence-corrected chi connectivity index (χ3v) is 9.53. The van der Waals surface area contributed by atoms with E-state index < -0.39 is 52.4 Å². The van der Waals surface area contributed by atoms with Crippen molar-refractivity contribution < 1.29 is 38.1 Å². The zero-order valence-corrected chi connectivity index (χ0v) is 18.7. The van der Waals surface area contributed by atoms with Crippen LogP contribution in [0.2, 0.25) is 0 Å². The van der Waals surface area contributed by atoms with Crippen molar-refractivity contribution in [1.82, 2.24) is 0 Å². The fourth-order valence-electron chi connectivity index (χ4n) is 8.07. The fraction of sp³-hybridized carbons (Fsp3) is 0.708. The lowest BCUT2D eigenvalue weighted by molar-refractivity contribution is -0.222. The van der Waals surface area contributed by atoms with Crippen LogP contribution in [0.5, 0.6) is 0 Å². The van der Waals surface area contributed by atoms with Crippen LogP contribution in [-0.2, 0) is 23.8 Å². The van der Waals surface area contributed by atoms with Gasteiger partial charge in [0.15, 0.2) is 17.1 Å². The lowest BCUT2D eigenvalue weighted by Gasteiger charge is -2.62. The number of aliphatic hydroxyl groups is 1. The highest BCUT2D eigenvalue weighted by Gasteiger charge is 2.80. The van der Waals surface area contributed by atoms with Crippen LogP contribution in [0.4, 0.5) is 9.18 Å². The average Bonchev–Trinajstić information content (AvgIpc) is 3.20. The molecule has 9 atom stereocenters. The first-order valence-corrected chi connectivity index (χ1v) is 11.2. The molecule has 0 bridgehead atoms. The summed E-state index contributed by atoms with van der Waals surface area (Å²) in [4.78, 5) is 36.8. The zero-order chi connectivity index (χ0) is 23.3. The molecule has 0 aromatic rings. The highest BCUT2D eigenvalue weighted by molar-refractivity contribution is 6.01. The molecule has 32 heavy (non-hydrogen) atoms. The lowest BCUT2D eigenvalue weighted by Crippen LogP contribution is -2.69. The van der Waals surface area contributed by atoms with E-state index in [1.807, 2.05) is 13.8 Å². The van der Waals surface area contributed by atoms with Gasteiger partial charge in [0, 0.05) is 22.7 Å². The minimum absolute atomic E-state index is 0.0101. The Morgan fingerprint density at radius 1 is 1.28 bits per heavy atom. The molecular weight excluding hydrogens is 419 g/mol. The van der Waals surface area contributed by atoms with Crippen LogP contribution in [0.15, 0.2) is 23.8 Å². The summed E-state index contributed by atoms with van der Waals surface area (Å²) >= 11 is 0. The largest absolute Gasteiger partial charge is 0.510 e. The van der Waals surface area contributed by atoms with Crippen LogP contribution in [0.3, 0.4) is 0 Å². The molecule has 1 aliphatic heterocycles. The van der Waals surface area contributed by atoms with Gasteiger partial charge in [0.2, 0.25) is 6.10 Å². The average molecular weight is 448 g/mol. The van der Waals surface area contributed by atoms with E-state index in [4.69, 9.17) is 14.2 Å². The molecule has 4 aliphatic carbocycles. The number of hydrogen-bond acceptors (Lipinski definition) is 7. The summed E-state index contributed by atoms with van der Waals surface area (Å²) in [6.45, 7) is 5.50. The Morgan fingerprint density at radius 3 is 2.69 bits per heavy atom. The molecule has 1 spiro atoms. The minimum atomic E-state index is -1.99. The van der Waals surface area contributed by atoms with E-state index in [9.17, 15) is 19.5 Å². The number of fused-ring (bicyclic) bond motifs is 6. The Bertz CT molecular complexity index is 973.